The zero-order chi connectivity index (χ0) is 16.2. The van der Waals surface area contributed by atoms with Crippen LogP contribution in [0.2, 0.25) is 0 Å². The summed E-state index contributed by atoms with van der Waals surface area (Å²) in [6.07, 6.45) is 2.71. The van der Waals surface area contributed by atoms with Crippen LogP contribution in [-0.4, -0.2) is 31.1 Å². The summed E-state index contributed by atoms with van der Waals surface area (Å²) in [6.45, 7) is -2.92. The molecule has 7 heteroatoms. The molecule has 0 aromatic heterocycles. The van der Waals surface area contributed by atoms with Crippen molar-refractivity contribution < 1.29 is 27.8 Å². The first kappa shape index (κ1) is 16.2. The minimum atomic E-state index is -2.92. The molecule has 5 nitrogen and oxygen atoms in total. The molecule has 0 heterocycles. The molecule has 1 fully saturated rings. The van der Waals surface area contributed by atoms with E-state index < -0.39 is 24.0 Å². The van der Waals surface area contributed by atoms with Crippen LogP contribution >= 0.6 is 0 Å². The Balaban J connectivity index is 2.09. The Bertz CT molecular complexity index is 539. The van der Waals surface area contributed by atoms with Crippen LogP contribution in [0.3, 0.4) is 0 Å². The van der Waals surface area contributed by atoms with Gasteiger partial charge in [-0.2, -0.15) is 8.78 Å². The topological polar surface area (TPSA) is 64.6 Å². The van der Waals surface area contributed by atoms with E-state index in [4.69, 9.17) is 4.74 Å². The molecule has 1 amide bonds. The van der Waals surface area contributed by atoms with Crippen LogP contribution in [0.4, 0.5) is 8.78 Å². The number of alkyl halides is 2. The van der Waals surface area contributed by atoms with Crippen LogP contribution in [0.25, 0.3) is 0 Å². The SMILES string of the molecule is COC(=O)C1(NC(=O)c2ccc(OC(F)F)cc2)CCCC1. The molecular weight excluding hydrogens is 296 g/mol. The smallest absolute Gasteiger partial charge is 0.387 e. The Labute approximate surface area is 126 Å². The zero-order valence-corrected chi connectivity index (χ0v) is 12.1. The normalized spacial score (nSPS) is 16.4. The minimum Gasteiger partial charge on any atom is -0.467 e. The van der Waals surface area contributed by atoms with Gasteiger partial charge in [-0.25, -0.2) is 4.79 Å². The number of esters is 1. The number of carbonyl (C=O) groups is 2. The number of hydrogen-bond donors (Lipinski definition) is 1. The lowest BCUT2D eigenvalue weighted by molar-refractivity contribution is -0.148. The van der Waals surface area contributed by atoms with E-state index in [0.29, 0.717) is 12.8 Å². The van der Waals surface area contributed by atoms with Gasteiger partial charge in [0.1, 0.15) is 11.3 Å². The Morgan fingerprint density at radius 3 is 2.27 bits per heavy atom. The molecule has 1 aromatic carbocycles. The summed E-state index contributed by atoms with van der Waals surface area (Å²) in [4.78, 5) is 24.2. The van der Waals surface area contributed by atoms with E-state index >= 15 is 0 Å². The molecule has 1 aliphatic carbocycles. The molecule has 1 aromatic rings. The van der Waals surface area contributed by atoms with Gasteiger partial charge in [0.25, 0.3) is 5.91 Å². The van der Waals surface area contributed by atoms with Crippen molar-refractivity contribution in [2.75, 3.05) is 7.11 Å². The Kier molecular flexibility index (Phi) is 4.95. The van der Waals surface area contributed by atoms with E-state index in [0.717, 1.165) is 12.8 Å². The number of amides is 1. The maximum absolute atomic E-state index is 12.3. The molecule has 1 saturated carbocycles. The summed E-state index contributed by atoms with van der Waals surface area (Å²) in [5, 5.41) is 2.72. The molecule has 22 heavy (non-hydrogen) atoms. The molecular formula is C15H17F2NO4. The van der Waals surface area contributed by atoms with Crippen LogP contribution in [-0.2, 0) is 9.53 Å². The van der Waals surface area contributed by atoms with Crippen LogP contribution in [0.15, 0.2) is 24.3 Å². The summed E-state index contributed by atoms with van der Waals surface area (Å²) >= 11 is 0. The Hall–Kier alpha value is -2.18. The second kappa shape index (κ2) is 6.72. The number of ether oxygens (including phenoxy) is 2. The summed E-state index contributed by atoms with van der Waals surface area (Å²) in [6, 6.07) is 5.29. The van der Waals surface area contributed by atoms with Gasteiger partial charge < -0.3 is 14.8 Å². The molecule has 0 unspecified atom stereocenters. The van der Waals surface area contributed by atoms with Crippen LogP contribution in [0.1, 0.15) is 36.0 Å². The third-order valence-electron chi connectivity index (χ3n) is 3.73. The van der Waals surface area contributed by atoms with E-state index in [1.165, 1.54) is 31.4 Å². The number of nitrogens with one attached hydrogen (secondary N) is 1. The summed E-state index contributed by atoms with van der Waals surface area (Å²) < 4.78 is 33.1. The number of benzene rings is 1. The number of rotatable bonds is 5. The zero-order valence-electron chi connectivity index (χ0n) is 12.1. The third kappa shape index (κ3) is 3.52. The van der Waals surface area contributed by atoms with Crippen molar-refractivity contribution in [1.29, 1.82) is 0 Å². The van der Waals surface area contributed by atoms with E-state index in [-0.39, 0.29) is 11.3 Å². The number of methoxy groups -OCH3 is 1. The maximum atomic E-state index is 12.3. The Morgan fingerprint density at radius 2 is 1.77 bits per heavy atom. The quantitative estimate of drug-likeness (QED) is 0.848. The van der Waals surface area contributed by atoms with Crippen molar-refractivity contribution in [2.24, 2.45) is 0 Å². The first-order valence-corrected chi connectivity index (χ1v) is 6.93. The van der Waals surface area contributed by atoms with E-state index in [9.17, 15) is 18.4 Å². The van der Waals surface area contributed by atoms with Crippen molar-refractivity contribution in [3.05, 3.63) is 29.8 Å². The van der Waals surface area contributed by atoms with Crippen LogP contribution < -0.4 is 10.1 Å². The molecule has 120 valence electrons. The van der Waals surface area contributed by atoms with Gasteiger partial charge in [0.15, 0.2) is 0 Å². The molecule has 0 atom stereocenters. The minimum absolute atomic E-state index is 0.0323. The fraction of sp³-hybridized carbons (Fsp3) is 0.467. The lowest BCUT2D eigenvalue weighted by atomic mass is 9.97. The second-order valence-electron chi connectivity index (χ2n) is 5.14. The lowest BCUT2D eigenvalue weighted by Gasteiger charge is -2.27. The maximum Gasteiger partial charge on any atom is 0.387 e. The highest BCUT2D eigenvalue weighted by molar-refractivity contribution is 5.98. The lowest BCUT2D eigenvalue weighted by Crippen LogP contribution is -2.53. The average molecular weight is 313 g/mol. The van der Waals surface area contributed by atoms with Gasteiger partial charge in [0.05, 0.1) is 7.11 Å². The van der Waals surface area contributed by atoms with E-state index in [2.05, 4.69) is 10.1 Å². The first-order valence-electron chi connectivity index (χ1n) is 6.93. The van der Waals surface area contributed by atoms with Crippen molar-refractivity contribution in [1.82, 2.24) is 5.32 Å². The predicted octanol–water partition coefficient (Wildman–Crippen LogP) is 2.50. The van der Waals surface area contributed by atoms with Gasteiger partial charge in [0, 0.05) is 5.56 Å². The van der Waals surface area contributed by atoms with Crippen LogP contribution in [0.5, 0.6) is 5.75 Å². The van der Waals surface area contributed by atoms with Gasteiger partial charge in [-0.05, 0) is 37.1 Å². The fourth-order valence-electron chi connectivity index (χ4n) is 2.63. The largest absolute Gasteiger partial charge is 0.467 e. The summed E-state index contributed by atoms with van der Waals surface area (Å²) in [7, 11) is 1.28. The van der Waals surface area contributed by atoms with E-state index in [1.54, 1.807) is 0 Å². The molecule has 0 bridgehead atoms. The number of hydrogen-bond acceptors (Lipinski definition) is 4. The standard InChI is InChI=1S/C15H17F2NO4/c1-21-13(20)15(8-2-3-9-15)18-12(19)10-4-6-11(7-5-10)22-14(16)17/h4-7,14H,2-3,8-9H2,1H3,(H,18,19). The van der Waals surface area contributed by atoms with Crippen molar-refractivity contribution in [3.8, 4) is 5.75 Å². The third-order valence-corrected chi connectivity index (χ3v) is 3.73. The molecule has 0 aliphatic heterocycles. The van der Waals surface area contributed by atoms with Gasteiger partial charge in [-0.15, -0.1) is 0 Å². The summed E-state index contributed by atoms with van der Waals surface area (Å²) in [5.74, 6) is -0.943. The highest BCUT2D eigenvalue weighted by Crippen LogP contribution is 2.31. The second-order valence-corrected chi connectivity index (χ2v) is 5.14. The highest BCUT2D eigenvalue weighted by Gasteiger charge is 2.43. The molecule has 1 aliphatic rings. The first-order chi connectivity index (χ1) is 10.5. The Morgan fingerprint density at radius 1 is 1.18 bits per heavy atom. The molecule has 0 spiro atoms. The molecule has 0 radical (unpaired) electrons. The monoisotopic (exact) mass is 313 g/mol. The van der Waals surface area contributed by atoms with Crippen molar-refractivity contribution in [3.63, 3.8) is 0 Å². The molecule has 1 N–H and O–H groups in total. The highest BCUT2D eigenvalue weighted by atomic mass is 19.3. The molecule has 2 rings (SSSR count). The van der Waals surface area contributed by atoms with Gasteiger partial charge in [-0.3, -0.25) is 4.79 Å². The average Bonchev–Trinajstić information content (AvgIpc) is 2.96. The van der Waals surface area contributed by atoms with Crippen molar-refractivity contribution in [2.45, 2.75) is 37.8 Å². The number of halogens is 2. The predicted molar refractivity (Wildman–Crippen MR) is 73.8 cm³/mol. The fourth-order valence-corrected chi connectivity index (χ4v) is 2.63. The van der Waals surface area contributed by atoms with Crippen molar-refractivity contribution >= 4 is 11.9 Å². The number of carbonyl (C=O) groups excluding carboxylic acids is 2. The van der Waals surface area contributed by atoms with Crippen LogP contribution in [0, 0.1) is 0 Å². The van der Waals surface area contributed by atoms with Gasteiger partial charge >= 0.3 is 12.6 Å². The van der Waals surface area contributed by atoms with Gasteiger partial charge in [0.2, 0.25) is 0 Å². The van der Waals surface area contributed by atoms with Gasteiger partial charge in [-0.1, -0.05) is 12.8 Å². The van der Waals surface area contributed by atoms with E-state index in [1.807, 2.05) is 0 Å². The molecule has 0 saturated heterocycles. The summed E-state index contributed by atoms with van der Waals surface area (Å²) in [5.41, 5.74) is -0.735.